The van der Waals surface area contributed by atoms with Crippen molar-refractivity contribution < 1.29 is 4.79 Å². The third-order valence-electron chi connectivity index (χ3n) is 3.26. The second kappa shape index (κ2) is 7.73. The first kappa shape index (κ1) is 17.0. The first-order valence-electron chi connectivity index (χ1n) is 6.72. The molecule has 0 fully saturated rings. The SMILES string of the molecule is CN(C)CC(c1cccc(I)c1)N1C=CC(I)=CCC1=O. The van der Waals surface area contributed by atoms with Gasteiger partial charge in [-0.05, 0) is 83.0 Å². The second-order valence-corrected chi connectivity index (χ2v) is 7.73. The highest BCUT2D eigenvalue weighted by Gasteiger charge is 2.24. The van der Waals surface area contributed by atoms with E-state index >= 15 is 0 Å². The van der Waals surface area contributed by atoms with Gasteiger partial charge in [0.05, 0.1) is 6.04 Å². The minimum absolute atomic E-state index is 0.0363. The molecule has 1 amide bonds. The smallest absolute Gasteiger partial charge is 0.230 e. The van der Waals surface area contributed by atoms with Crippen LogP contribution in [-0.2, 0) is 4.79 Å². The number of nitrogens with zero attached hydrogens (tertiary/aromatic N) is 2. The summed E-state index contributed by atoms with van der Waals surface area (Å²) in [4.78, 5) is 16.4. The van der Waals surface area contributed by atoms with Crippen molar-refractivity contribution in [3.05, 3.63) is 55.3 Å². The Bertz CT molecular complexity index is 581. The van der Waals surface area contributed by atoms with Crippen molar-refractivity contribution in [2.45, 2.75) is 12.5 Å². The highest BCUT2D eigenvalue weighted by molar-refractivity contribution is 14.1. The van der Waals surface area contributed by atoms with Crippen LogP contribution in [0.2, 0.25) is 0 Å². The van der Waals surface area contributed by atoms with Crippen molar-refractivity contribution in [2.75, 3.05) is 20.6 Å². The van der Waals surface area contributed by atoms with Crippen LogP contribution in [-0.4, -0.2) is 36.3 Å². The summed E-state index contributed by atoms with van der Waals surface area (Å²) in [5, 5.41) is 0. The monoisotopic (exact) mass is 508 g/mol. The summed E-state index contributed by atoms with van der Waals surface area (Å²) in [5.41, 5.74) is 1.17. The van der Waals surface area contributed by atoms with E-state index in [4.69, 9.17) is 0 Å². The zero-order valence-electron chi connectivity index (χ0n) is 12.1. The Balaban J connectivity index is 2.36. The van der Waals surface area contributed by atoms with Crippen LogP contribution < -0.4 is 0 Å². The van der Waals surface area contributed by atoms with Crippen LogP contribution in [0.15, 0.2) is 46.2 Å². The van der Waals surface area contributed by atoms with Crippen molar-refractivity contribution in [3.63, 3.8) is 0 Å². The van der Waals surface area contributed by atoms with E-state index in [0.29, 0.717) is 6.42 Å². The van der Waals surface area contributed by atoms with Crippen LogP contribution in [0, 0.1) is 3.57 Å². The fourth-order valence-electron chi connectivity index (χ4n) is 2.28. The van der Waals surface area contributed by atoms with Gasteiger partial charge in [0.2, 0.25) is 5.91 Å². The van der Waals surface area contributed by atoms with Crippen molar-refractivity contribution in [3.8, 4) is 0 Å². The zero-order valence-corrected chi connectivity index (χ0v) is 16.4. The van der Waals surface area contributed by atoms with Crippen molar-refractivity contribution in [1.29, 1.82) is 0 Å². The van der Waals surface area contributed by atoms with E-state index in [1.165, 1.54) is 9.13 Å². The summed E-state index contributed by atoms with van der Waals surface area (Å²) in [6.07, 6.45) is 6.35. The highest BCUT2D eigenvalue weighted by atomic mass is 127. The molecule has 1 aromatic carbocycles. The lowest BCUT2D eigenvalue weighted by atomic mass is 10.0. The Morgan fingerprint density at radius 1 is 1.33 bits per heavy atom. The van der Waals surface area contributed by atoms with Gasteiger partial charge in [-0.25, -0.2) is 0 Å². The Labute approximate surface area is 153 Å². The lowest BCUT2D eigenvalue weighted by Crippen LogP contribution is -2.35. The number of amides is 1. The summed E-state index contributed by atoms with van der Waals surface area (Å²) in [6.45, 7) is 0.798. The molecule has 0 aromatic heterocycles. The summed E-state index contributed by atoms with van der Waals surface area (Å²) in [5.74, 6) is 0.142. The van der Waals surface area contributed by atoms with Crippen LogP contribution >= 0.6 is 45.2 Å². The van der Waals surface area contributed by atoms with Crippen molar-refractivity contribution >= 4 is 51.1 Å². The van der Waals surface area contributed by atoms with Gasteiger partial charge in [-0.2, -0.15) is 0 Å². The molecule has 3 nitrogen and oxygen atoms in total. The molecule has 1 aromatic rings. The van der Waals surface area contributed by atoms with Gasteiger partial charge in [0.1, 0.15) is 0 Å². The van der Waals surface area contributed by atoms with Crippen LogP contribution in [0.4, 0.5) is 0 Å². The predicted octanol–water partition coefficient (Wildman–Crippen LogP) is 3.96. The number of allylic oxidation sites excluding steroid dienone is 2. The molecule has 2 rings (SSSR count). The molecule has 0 aliphatic carbocycles. The average Bonchev–Trinajstić information content (AvgIpc) is 2.59. The van der Waals surface area contributed by atoms with Gasteiger partial charge in [-0.3, -0.25) is 4.79 Å². The quantitative estimate of drug-likeness (QED) is 0.576. The maximum absolute atomic E-state index is 12.4. The maximum atomic E-state index is 12.4. The average molecular weight is 508 g/mol. The number of likely N-dealkylation sites (N-methyl/N-ethyl adjacent to an activating group) is 1. The second-order valence-electron chi connectivity index (χ2n) is 5.24. The van der Waals surface area contributed by atoms with E-state index in [0.717, 1.165) is 10.1 Å². The predicted molar refractivity (Wildman–Crippen MR) is 103 cm³/mol. The van der Waals surface area contributed by atoms with E-state index in [1.54, 1.807) is 0 Å². The van der Waals surface area contributed by atoms with Gasteiger partial charge < -0.3 is 9.80 Å². The molecule has 1 aliphatic heterocycles. The van der Waals surface area contributed by atoms with E-state index in [-0.39, 0.29) is 11.9 Å². The van der Waals surface area contributed by atoms with Crippen LogP contribution in [0.25, 0.3) is 0 Å². The molecule has 1 atom stereocenters. The fourth-order valence-corrected chi connectivity index (χ4v) is 3.23. The number of carbonyl (C=O) groups excluding carboxylic acids is 1. The van der Waals surface area contributed by atoms with Gasteiger partial charge in [0.25, 0.3) is 0 Å². The summed E-state index contributed by atoms with van der Waals surface area (Å²) in [7, 11) is 4.07. The van der Waals surface area contributed by atoms with Gasteiger partial charge in [0, 0.05) is 26.3 Å². The van der Waals surface area contributed by atoms with E-state index in [9.17, 15) is 4.79 Å². The number of hydrogen-bond donors (Lipinski definition) is 0. The molecule has 1 unspecified atom stereocenters. The number of carbonyl (C=O) groups is 1. The van der Waals surface area contributed by atoms with E-state index in [1.807, 2.05) is 43.4 Å². The summed E-state index contributed by atoms with van der Waals surface area (Å²) < 4.78 is 2.29. The third-order valence-corrected chi connectivity index (χ3v) is 4.73. The molecule has 112 valence electrons. The molecule has 21 heavy (non-hydrogen) atoms. The van der Waals surface area contributed by atoms with Crippen LogP contribution in [0.5, 0.6) is 0 Å². The minimum atomic E-state index is 0.0363. The molecular weight excluding hydrogens is 490 g/mol. The molecule has 0 N–H and O–H groups in total. The first-order valence-corrected chi connectivity index (χ1v) is 8.88. The maximum Gasteiger partial charge on any atom is 0.230 e. The summed E-state index contributed by atoms with van der Waals surface area (Å²) in [6, 6.07) is 8.41. The molecule has 5 heteroatoms. The largest absolute Gasteiger partial charge is 0.310 e. The van der Waals surface area contributed by atoms with Crippen molar-refractivity contribution in [2.24, 2.45) is 0 Å². The van der Waals surface area contributed by atoms with E-state index in [2.05, 4.69) is 68.3 Å². The number of hydrogen-bond acceptors (Lipinski definition) is 2. The van der Waals surface area contributed by atoms with Gasteiger partial charge in [0.15, 0.2) is 0 Å². The Kier molecular flexibility index (Phi) is 6.24. The lowest BCUT2D eigenvalue weighted by Gasteiger charge is -2.31. The molecule has 0 spiro atoms. The summed E-state index contributed by atoms with van der Waals surface area (Å²) >= 11 is 4.57. The normalized spacial score (nSPS) is 16.9. The molecule has 1 heterocycles. The number of halogens is 2. The fraction of sp³-hybridized carbons (Fsp3) is 0.312. The molecular formula is C16H18I2N2O. The van der Waals surface area contributed by atoms with Crippen LogP contribution in [0.3, 0.4) is 0 Å². The Morgan fingerprint density at radius 3 is 2.76 bits per heavy atom. The van der Waals surface area contributed by atoms with E-state index < -0.39 is 0 Å². The van der Waals surface area contributed by atoms with Gasteiger partial charge in [-0.15, -0.1) is 0 Å². The molecule has 0 saturated carbocycles. The number of benzene rings is 1. The zero-order chi connectivity index (χ0) is 15.4. The topological polar surface area (TPSA) is 23.6 Å². The van der Waals surface area contributed by atoms with Gasteiger partial charge >= 0.3 is 0 Å². The third kappa shape index (κ3) is 4.79. The van der Waals surface area contributed by atoms with Gasteiger partial charge in [-0.1, -0.05) is 18.2 Å². The van der Waals surface area contributed by atoms with Crippen LogP contribution in [0.1, 0.15) is 18.0 Å². The minimum Gasteiger partial charge on any atom is -0.310 e. The molecule has 0 bridgehead atoms. The van der Waals surface area contributed by atoms with Crippen molar-refractivity contribution in [1.82, 2.24) is 9.80 Å². The molecule has 0 radical (unpaired) electrons. The highest BCUT2D eigenvalue weighted by Crippen LogP contribution is 2.27. The molecule has 1 aliphatic rings. The molecule has 0 saturated heterocycles. The lowest BCUT2D eigenvalue weighted by molar-refractivity contribution is -0.129. The number of rotatable bonds is 4. The Hall–Kier alpha value is -0.410. The standard InChI is InChI=1S/C16H18I2N2O/c1-19(2)11-15(12-4-3-5-14(18)10-12)20-9-8-13(17)6-7-16(20)21/h3-6,8-10,15H,7,11H2,1-2H3. The first-order chi connectivity index (χ1) is 9.97. The Morgan fingerprint density at radius 2 is 2.10 bits per heavy atom.